The van der Waals surface area contributed by atoms with Crippen LogP contribution in [-0.2, 0) is 28.7 Å². The number of hydrogen-bond acceptors (Lipinski definition) is 6. The third-order valence-corrected chi connectivity index (χ3v) is 6.83. The van der Waals surface area contributed by atoms with Gasteiger partial charge in [-0.2, -0.15) is 0 Å². The van der Waals surface area contributed by atoms with E-state index in [1.54, 1.807) is 0 Å². The smallest absolute Gasteiger partial charge is 0.332 e. The number of likely N-dealkylation sites (tertiary alicyclic amines) is 1. The van der Waals surface area contributed by atoms with Crippen LogP contribution in [0.25, 0.3) is 0 Å². The van der Waals surface area contributed by atoms with Crippen molar-refractivity contribution in [2.24, 2.45) is 17.8 Å². The Hall–Kier alpha value is -2.22. The topological polar surface area (TPSA) is 93.2 Å². The van der Waals surface area contributed by atoms with Crippen LogP contribution in [0.3, 0.4) is 0 Å². The van der Waals surface area contributed by atoms with E-state index in [1.165, 1.54) is 26.0 Å². The quantitative estimate of drug-likeness (QED) is 0.347. The van der Waals surface area contributed by atoms with Gasteiger partial charge in [-0.25, -0.2) is 4.79 Å². The number of imide groups is 1. The molecule has 3 amide bonds. The lowest BCUT2D eigenvalue weighted by Crippen LogP contribution is -2.58. The highest BCUT2D eigenvalue weighted by molar-refractivity contribution is 6.11. The number of ether oxygens (including phenoxy) is 2. The molecule has 5 heterocycles. The highest BCUT2D eigenvalue weighted by Crippen LogP contribution is 2.62. The second-order valence-electron chi connectivity index (χ2n) is 7.69. The lowest BCUT2D eigenvalue weighted by molar-refractivity contribution is -0.164. The highest BCUT2D eigenvalue weighted by Gasteiger charge is 2.81. The van der Waals surface area contributed by atoms with Gasteiger partial charge in [0, 0.05) is 7.05 Å². The fraction of sp³-hybridized carbons (Fsp3) is 0.647. The molecule has 0 N–H and O–H groups in total. The first-order chi connectivity index (χ1) is 11.8. The number of hydrogen-bond donors (Lipinski definition) is 0. The zero-order chi connectivity index (χ0) is 17.9. The SMILES string of the molecule is COC(=O)[C@]1(C)[C@@H]2C(=O)N(C)C(=O)[C@@H]2[C@H]2N1C(=O)[C@H]1C[C@@H]3C=C[C@@]12O3. The molecule has 8 heteroatoms. The van der Waals surface area contributed by atoms with Crippen LogP contribution in [0.5, 0.6) is 0 Å². The molecule has 25 heavy (non-hydrogen) atoms. The van der Waals surface area contributed by atoms with Crippen LogP contribution in [0.15, 0.2) is 12.2 Å². The average molecular weight is 346 g/mol. The Bertz CT molecular complexity index is 792. The van der Waals surface area contributed by atoms with Crippen LogP contribution < -0.4 is 0 Å². The lowest BCUT2D eigenvalue weighted by Gasteiger charge is -2.37. The molecule has 0 aromatic heterocycles. The molecule has 1 spiro atoms. The van der Waals surface area contributed by atoms with E-state index < -0.39 is 46.8 Å². The standard InChI is InChI=1S/C17H18N2O6/c1-16(15(23)24-3)10-9(13(21)18(2)14(10)22)11-17-5-4-7(25-17)6-8(17)12(20)19(11)16/h4-5,7-11H,6H2,1-3H3/t7-,8+,9-,10-,11+,16-,17+/m0/s1. The Balaban J connectivity index is 1.75. The molecule has 0 unspecified atom stereocenters. The molecule has 0 radical (unpaired) electrons. The van der Waals surface area contributed by atoms with E-state index >= 15 is 0 Å². The third-order valence-electron chi connectivity index (χ3n) is 6.83. The van der Waals surface area contributed by atoms with E-state index in [0.717, 1.165) is 4.90 Å². The van der Waals surface area contributed by atoms with Gasteiger partial charge < -0.3 is 14.4 Å². The molecule has 0 aromatic rings. The van der Waals surface area contributed by atoms with Gasteiger partial charge in [-0.3, -0.25) is 19.3 Å². The predicted octanol–water partition coefficient (Wildman–Crippen LogP) is -0.913. The minimum absolute atomic E-state index is 0.149. The van der Waals surface area contributed by atoms with Crippen molar-refractivity contribution in [3.8, 4) is 0 Å². The van der Waals surface area contributed by atoms with Crippen LogP contribution in [0.2, 0.25) is 0 Å². The maximum Gasteiger partial charge on any atom is 0.332 e. The van der Waals surface area contributed by atoms with Crippen LogP contribution in [-0.4, -0.2) is 70.9 Å². The fourth-order valence-corrected chi connectivity index (χ4v) is 5.80. The maximum atomic E-state index is 13.2. The maximum absolute atomic E-state index is 13.2. The summed E-state index contributed by atoms with van der Waals surface area (Å²) in [4.78, 5) is 54.0. The van der Waals surface area contributed by atoms with Crippen molar-refractivity contribution in [3.63, 3.8) is 0 Å². The molecule has 0 saturated carbocycles. The number of methoxy groups -OCH3 is 1. The van der Waals surface area contributed by atoms with Gasteiger partial charge in [0.2, 0.25) is 17.7 Å². The minimum atomic E-state index is -1.51. The molecule has 7 atom stereocenters. The zero-order valence-electron chi connectivity index (χ0n) is 14.1. The number of carbonyl (C=O) groups is 4. The molecule has 132 valence electrons. The summed E-state index contributed by atoms with van der Waals surface area (Å²) in [6.07, 6.45) is 4.14. The summed E-state index contributed by atoms with van der Waals surface area (Å²) in [6.45, 7) is 1.53. The molecule has 8 nitrogen and oxygen atoms in total. The summed E-state index contributed by atoms with van der Waals surface area (Å²) in [5.41, 5.74) is -2.44. The zero-order valence-corrected chi connectivity index (χ0v) is 14.1. The Morgan fingerprint density at radius 1 is 1.28 bits per heavy atom. The van der Waals surface area contributed by atoms with Gasteiger partial charge in [-0.05, 0) is 13.3 Å². The third kappa shape index (κ3) is 1.31. The highest BCUT2D eigenvalue weighted by atomic mass is 16.5. The Kier molecular flexibility index (Phi) is 2.48. The molecular weight excluding hydrogens is 328 g/mol. The molecule has 4 saturated heterocycles. The minimum Gasteiger partial charge on any atom is -0.467 e. The summed E-state index contributed by atoms with van der Waals surface area (Å²) in [6, 6.07) is -0.663. The molecule has 5 aliphatic heterocycles. The summed E-state index contributed by atoms with van der Waals surface area (Å²) >= 11 is 0. The Morgan fingerprint density at radius 3 is 2.64 bits per heavy atom. The van der Waals surface area contributed by atoms with E-state index in [9.17, 15) is 19.2 Å². The van der Waals surface area contributed by atoms with Gasteiger partial charge in [0.05, 0.1) is 37.0 Å². The summed E-state index contributed by atoms with van der Waals surface area (Å²) in [5.74, 6) is -3.89. The summed E-state index contributed by atoms with van der Waals surface area (Å²) in [7, 11) is 2.64. The van der Waals surface area contributed by atoms with Crippen LogP contribution in [0, 0.1) is 17.8 Å². The number of carbonyl (C=O) groups excluding carboxylic acids is 4. The van der Waals surface area contributed by atoms with Gasteiger partial charge in [-0.15, -0.1) is 0 Å². The largest absolute Gasteiger partial charge is 0.467 e. The molecule has 5 rings (SSSR count). The van der Waals surface area contributed by atoms with Crippen molar-refractivity contribution in [1.82, 2.24) is 9.80 Å². The molecule has 4 fully saturated rings. The number of fused-ring (bicyclic) bond motifs is 4. The lowest BCUT2D eigenvalue weighted by atomic mass is 9.73. The Morgan fingerprint density at radius 2 is 2.00 bits per heavy atom. The van der Waals surface area contributed by atoms with Crippen molar-refractivity contribution in [3.05, 3.63) is 12.2 Å². The average Bonchev–Trinajstić information content (AvgIpc) is 3.34. The van der Waals surface area contributed by atoms with E-state index in [-0.39, 0.29) is 17.9 Å². The molecule has 0 aliphatic carbocycles. The molecule has 0 aromatic carbocycles. The monoisotopic (exact) mass is 346 g/mol. The summed E-state index contributed by atoms with van der Waals surface area (Å²) in [5, 5.41) is 0. The predicted molar refractivity (Wildman–Crippen MR) is 80.7 cm³/mol. The van der Waals surface area contributed by atoms with Crippen LogP contribution in [0.4, 0.5) is 0 Å². The van der Waals surface area contributed by atoms with Crippen molar-refractivity contribution in [1.29, 1.82) is 0 Å². The second-order valence-corrected chi connectivity index (χ2v) is 7.69. The van der Waals surface area contributed by atoms with Gasteiger partial charge in [0.15, 0.2) is 5.54 Å². The van der Waals surface area contributed by atoms with Crippen molar-refractivity contribution in [2.75, 3.05) is 14.2 Å². The molecular formula is C17H18N2O6. The van der Waals surface area contributed by atoms with E-state index in [0.29, 0.717) is 6.42 Å². The van der Waals surface area contributed by atoms with E-state index in [4.69, 9.17) is 9.47 Å². The number of amides is 3. The number of nitrogens with zero attached hydrogens (tertiary/aromatic N) is 2. The van der Waals surface area contributed by atoms with Gasteiger partial charge in [0.25, 0.3) is 0 Å². The normalized spacial score (nSPS) is 49.1. The second kappa shape index (κ2) is 4.12. The number of rotatable bonds is 1. The van der Waals surface area contributed by atoms with Gasteiger partial charge >= 0.3 is 5.97 Å². The van der Waals surface area contributed by atoms with Gasteiger partial charge in [0.1, 0.15) is 5.60 Å². The van der Waals surface area contributed by atoms with Crippen LogP contribution in [0.1, 0.15) is 13.3 Å². The van der Waals surface area contributed by atoms with E-state index in [1.807, 2.05) is 12.2 Å². The van der Waals surface area contributed by atoms with Crippen molar-refractivity contribution >= 4 is 23.7 Å². The van der Waals surface area contributed by atoms with Crippen LogP contribution >= 0.6 is 0 Å². The first-order valence-corrected chi connectivity index (χ1v) is 8.39. The molecule has 5 aliphatic rings. The van der Waals surface area contributed by atoms with E-state index in [2.05, 4.69) is 0 Å². The fourth-order valence-electron chi connectivity index (χ4n) is 5.80. The molecule has 2 bridgehead atoms. The van der Waals surface area contributed by atoms with Crippen molar-refractivity contribution < 1.29 is 28.7 Å². The summed E-state index contributed by atoms with van der Waals surface area (Å²) < 4.78 is 11.0. The first kappa shape index (κ1) is 15.1. The van der Waals surface area contributed by atoms with Crippen molar-refractivity contribution in [2.45, 2.75) is 36.6 Å². The Labute approximate surface area is 143 Å². The number of esters is 1. The first-order valence-electron chi connectivity index (χ1n) is 8.39. The van der Waals surface area contributed by atoms with Gasteiger partial charge in [-0.1, -0.05) is 12.2 Å².